The Hall–Kier alpha value is -2.12. The number of hydrogen-bond donors (Lipinski definition) is 4. The number of nitrogens with one attached hydrogen (secondary N) is 2. The predicted octanol–water partition coefficient (Wildman–Crippen LogP) is -0.145. The molecule has 0 aliphatic heterocycles. The number of primary amides is 2. The highest BCUT2D eigenvalue weighted by molar-refractivity contribution is 5.90. The number of carbonyl (C=O) groups excluding carboxylic acids is 2. The summed E-state index contributed by atoms with van der Waals surface area (Å²) in [5, 5.41) is 7.43. The number of hydrazone groups is 2. The lowest BCUT2D eigenvalue weighted by Gasteiger charge is -2.01. The number of carbonyl (C=O) groups is 2. The van der Waals surface area contributed by atoms with Crippen LogP contribution in [0.1, 0.15) is 26.7 Å². The van der Waals surface area contributed by atoms with Crippen LogP contribution >= 0.6 is 0 Å². The quantitative estimate of drug-likeness (QED) is 0.384. The van der Waals surface area contributed by atoms with Crippen molar-refractivity contribution in [2.75, 3.05) is 0 Å². The van der Waals surface area contributed by atoms with Crippen molar-refractivity contribution in [1.29, 1.82) is 0 Å². The zero-order valence-corrected chi connectivity index (χ0v) is 9.28. The van der Waals surface area contributed by atoms with E-state index in [0.29, 0.717) is 24.3 Å². The van der Waals surface area contributed by atoms with Crippen LogP contribution in [0, 0.1) is 0 Å². The van der Waals surface area contributed by atoms with Gasteiger partial charge in [-0.2, -0.15) is 10.2 Å². The van der Waals surface area contributed by atoms with Gasteiger partial charge in [-0.25, -0.2) is 20.4 Å². The van der Waals surface area contributed by atoms with Gasteiger partial charge < -0.3 is 11.5 Å². The predicted molar refractivity (Wildman–Crippen MR) is 60.9 cm³/mol. The third-order valence-corrected chi connectivity index (χ3v) is 1.56. The molecular weight excluding hydrogens is 212 g/mol. The van der Waals surface area contributed by atoms with E-state index in [0.717, 1.165) is 0 Å². The molecule has 0 atom stereocenters. The highest BCUT2D eigenvalue weighted by atomic mass is 16.2. The Morgan fingerprint density at radius 2 is 1.25 bits per heavy atom. The van der Waals surface area contributed by atoms with Crippen LogP contribution in [0.4, 0.5) is 9.59 Å². The molecule has 0 unspecified atom stereocenters. The average molecular weight is 228 g/mol. The maximum Gasteiger partial charge on any atom is 0.332 e. The second kappa shape index (κ2) is 7.21. The van der Waals surface area contributed by atoms with E-state index in [1.165, 1.54) is 0 Å². The first-order valence-corrected chi connectivity index (χ1v) is 4.59. The van der Waals surface area contributed by atoms with Crippen LogP contribution in [0.5, 0.6) is 0 Å². The summed E-state index contributed by atoms with van der Waals surface area (Å²) in [6.07, 6.45) is 1.19. The molecule has 0 aliphatic carbocycles. The number of amides is 4. The van der Waals surface area contributed by atoms with Gasteiger partial charge in [-0.3, -0.25) is 0 Å². The zero-order valence-electron chi connectivity index (χ0n) is 9.28. The van der Waals surface area contributed by atoms with E-state index in [9.17, 15) is 9.59 Å². The Morgan fingerprint density at radius 3 is 1.50 bits per heavy atom. The molecule has 0 heterocycles. The van der Waals surface area contributed by atoms with E-state index < -0.39 is 12.1 Å². The van der Waals surface area contributed by atoms with Crippen LogP contribution in [0.25, 0.3) is 0 Å². The van der Waals surface area contributed by atoms with E-state index in [-0.39, 0.29) is 0 Å². The standard InChI is InChI=1S/C8H16N6O2/c1-5(11-13-7(9)15)3-4-6(2)12-14-8(10)16/h3-4H2,1-2H3,(H3,9,13,15)(H3,10,14,16)/b11-5-,12-6+. The van der Waals surface area contributed by atoms with Crippen molar-refractivity contribution in [3.05, 3.63) is 0 Å². The molecule has 0 aromatic carbocycles. The van der Waals surface area contributed by atoms with Crippen molar-refractivity contribution in [3.63, 3.8) is 0 Å². The molecular formula is C8H16N6O2. The molecule has 8 heteroatoms. The third-order valence-electron chi connectivity index (χ3n) is 1.56. The first kappa shape index (κ1) is 13.9. The molecule has 0 aliphatic rings. The molecule has 0 bridgehead atoms. The number of nitrogens with two attached hydrogens (primary N) is 2. The summed E-state index contributed by atoms with van der Waals surface area (Å²) in [5.74, 6) is 0. The summed E-state index contributed by atoms with van der Waals surface area (Å²) >= 11 is 0. The lowest BCUT2D eigenvalue weighted by Crippen LogP contribution is -2.26. The number of rotatable bonds is 5. The first-order valence-electron chi connectivity index (χ1n) is 4.59. The van der Waals surface area contributed by atoms with Crippen molar-refractivity contribution >= 4 is 23.5 Å². The van der Waals surface area contributed by atoms with E-state index in [4.69, 9.17) is 11.5 Å². The molecule has 4 amide bonds. The second-order valence-electron chi connectivity index (χ2n) is 3.15. The molecule has 0 saturated heterocycles. The van der Waals surface area contributed by atoms with Crippen LogP contribution in [0.2, 0.25) is 0 Å². The largest absolute Gasteiger partial charge is 0.350 e. The Labute approximate surface area is 93.1 Å². The van der Waals surface area contributed by atoms with Crippen LogP contribution in [0.15, 0.2) is 10.2 Å². The molecule has 0 spiro atoms. The highest BCUT2D eigenvalue weighted by Crippen LogP contribution is 1.94. The van der Waals surface area contributed by atoms with E-state index in [1.54, 1.807) is 13.8 Å². The third kappa shape index (κ3) is 8.48. The maximum absolute atomic E-state index is 10.3. The molecule has 6 N–H and O–H groups in total. The van der Waals surface area contributed by atoms with Gasteiger partial charge >= 0.3 is 12.1 Å². The summed E-state index contributed by atoms with van der Waals surface area (Å²) in [6.45, 7) is 3.48. The van der Waals surface area contributed by atoms with Gasteiger partial charge in [0.2, 0.25) is 0 Å². The van der Waals surface area contributed by atoms with Crippen molar-refractivity contribution in [2.24, 2.45) is 21.7 Å². The van der Waals surface area contributed by atoms with Gasteiger partial charge in [-0.1, -0.05) is 0 Å². The number of hydrogen-bond acceptors (Lipinski definition) is 4. The summed E-state index contributed by atoms with van der Waals surface area (Å²) in [6, 6.07) is -1.42. The summed E-state index contributed by atoms with van der Waals surface area (Å²) < 4.78 is 0. The Bertz CT molecular complexity index is 290. The first-order chi connectivity index (χ1) is 7.41. The van der Waals surface area contributed by atoms with Gasteiger partial charge in [0, 0.05) is 11.4 Å². The van der Waals surface area contributed by atoms with E-state index in [2.05, 4.69) is 21.1 Å². The van der Waals surface area contributed by atoms with Gasteiger partial charge in [-0.15, -0.1) is 0 Å². The lowest BCUT2D eigenvalue weighted by atomic mass is 10.2. The Balaban J connectivity index is 3.95. The van der Waals surface area contributed by atoms with Crippen LogP contribution in [-0.2, 0) is 0 Å². The number of urea groups is 2. The normalized spacial score (nSPS) is 12.1. The van der Waals surface area contributed by atoms with Crippen molar-refractivity contribution in [1.82, 2.24) is 10.9 Å². The smallest absolute Gasteiger partial charge is 0.332 e. The monoisotopic (exact) mass is 228 g/mol. The topological polar surface area (TPSA) is 135 Å². The minimum Gasteiger partial charge on any atom is -0.350 e. The molecule has 0 radical (unpaired) electrons. The Morgan fingerprint density at radius 1 is 0.938 bits per heavy atom. The lowest BCUT2D eigenvalue weighted by molar-refractivity contribution is 0.248. The average Bonchev–Trinajstić information content (AvgIpc) is 2.20. The Kier molecular flexibility index (Phi) is 6.25. The summed E-state index contributed by atoms with van der Waals surface area (Å²) in [4.78, 5) is 20.7. The fourth-order valence-corrected chi connectivity index (χ4v) is 0.775. The van der Waals surface area contributed by atoms with Crippen LogP contribution in [-0.4, -0.2) is 23.5 Å². The maximum atomic E-state index is 10.3. The van der Waals surface area contributed by atoms with Gasteiger partial charge in [-0.05, 0) is 26.7 Å². The second-order valence-corrected chi connectivity index (χ2v) is 3.15. The van der Waals surface area contributed by atoms with Crippen LogP contribution in [0.3, 0.4) is 0 Å². The molecule has 0 aromatic rings. The molecule has 8 nitrogen and oxygen atoms in total. The summed E-state index contributed by atoms with van der Waals surface area (Å²) in [5.41, 5.74) is 15.3. The van der Waals surface area contributed by atoms with Crippen molar-refractivity contribution in [2.45, 2.75) is 26.7 Å². The van der Waals surface area contributed by atoms with Gasteiger partial charge in [0.15, 0.2) is 0 Å². The molecule has 0 saturated carbocycles. The molecule has 16 heavy (non-hydrogen) atoms. The SMILES string of the molecule is C/C(CC/C(C)=N/NC(N)=O)=N/NC(N)=O. The van der Waals surface area contributed by atoms with E-state index >= 15 is 0 Å². The van der Waals surface area contributed by atoms with Crippen molar-refractivity contribution in [3.8, 4) is 0 Å². The van der Waals surface area contributed by atoms with Gasteiger partial charge in [0.1, 0.15) is 0 Å². The minimum atomic E-state index is -0.708. The zero-order chi connectivity index (χ0) is 12.6. The molecule has 0 aromatic heterocycles. The fourth-order valence-electron chi connectivity index (χ4n) is 0.775. The molecule has 0 rings (SSSR count). The van der Waals surface area contributed by atoms with Gasteiger partial charge in [0.25, 0.3) is 0 Å². The minimum absolute atomic E-state index is 0.593. The van der Waals surface area contributed by atoms with Crippen molar-refractivity contribution < 1.29 is 9.59 Å². The highest BCUT2D eigenvalue weighted by Gasteiger charge is 1.97. The van der Waals surface area contributed by atoms with E-state index in [1.807, 2.05) is 0 Å². The molecule has 0 fully saturated rings. The fraction of sp³-hybridized carbons (Fsp3) is 0.500. The van der Waals surface area contributed by atoms with Gasteiger partial charge in [0.05, 0.1) is 0 Å². The number of nitrogens with zero attached hydrogens (tertiary/aromatic N) is 2. The molecule has 90 valence electrons. The van der Waals surface area contributed by atoms with Crippen LogP contribution < -0.4 is 22.3 Å². The summed E-state index contributed by atoms with van der Waals surface area (Å²) in [7, 11) is 0.